The Morgan fingerprint density at radius 1 is 1.12 bits per heavy atom. The van der Waals surface area contributed by atoms with Crippen molar-refractivity contribution in [3.63, 3.8) is 0 Å². The van der Waals surface area contributed by atoms with Crippen LogP contribution in [-0.4, -0.2) is 23.6 Å². The van der Waals surface area contributed by atoms with Crippen molar-refractivity contribution < 1.29 is 8.42 Å². The number of pyridine rings is 1. The van der Waals surface area contributed by atoms with Crippen LogP contribution in [0.1, 0.15) is 16.8 Å². The van der Waals surface area contributed by atoms with Crippen molar-refractivity contribution in [2.45, 2.75) is 25.3 Å². The van der Waals surface area contributed by atoms with Crippen molar-refractivity contribution in [1.82, 2.24) is 19.9 Å². The smallest absolute Gasteiger partial charge is 0.264 e. The molecule has 0 atom stereocenters. The van der Waals surface area contributed by atoms with Crippen LogP contribution in [0.15, 0.2) is 58.4 Å². The van der Waals surface area contributed by atoms with Crippen LogP contribution < -0.4 is 10.3 Å². The van der Waals surface area contributed by atoms with Crippen LogP contribution in [0.3, 0.4) is 0 Å². The first-order chi connectivity index (χ1) is 12.4. The van der Waals surface area contributed by atoms with Crippen molar-refractivity contribution in [2.24, 2.45) is 0 Å². The van der Waals surface area contributed by atoms with E-state index in [0.717, 1.165) is 5.56 Å². The van der Waals surface area contributed by atoms with Crippen LogP contribution in [0.2, 0.25) is 0 Å². The van der Waals surface area contributed by atoms with Crippen molar-refractivity contribution >= 4 is 10.0 Å². The Bertz CT molecular complexity index is 1070. The fraction of sp³-hybridized carbons (Fsp3) is 0.167. The molecule has 2 N–H and O–H groups in total. The Morgan fingerprint density at radius 2 is 1.92 bits per heavy atom. The summed E-state index contributed by atoms with van der Waals surface area (Å²) in [5, 5.41) is 6.33. The van der Waals surface area contributed by atoms with Crippen molar-refractivity contribution in [1.29, 1.82) is 0 Å². The Hall–Kier alpha value is -2.84. The Balaban J connectivity index is 1.97. The summed E-state index contributed by atoms with van der Waals surface area (Å²) in [7, 11) is -3.74. The van der Waals surface area contributed by atoms with Gasteiger partial charge >= 0.3 is 0 Å². The van der Waals surface area contributed by atoms with Gasteiger partial charge in [0, 0.05) is 17.8 Å². The molecule has 0 aliphatic carbocycles. The first kappa shape index (κ1) is 18.0. The second-order valence-electron chi connectivity index (χ2n) is 5.87. The SMILES string of the molecule is Cc1cc(-c2ccc(=O)[nH]n2)cc(S(=O)(=O)NCc2ccccn2)c1C. The van der Waals surface area contributed by atoms with Crippen molar-refractivity contribution in [3.05, 3.63) is 75.8 Å². The number of sulfonamides is 1. The molecule has 0 aliphatic heterocycles. The van der Waals surface area contributed by atoms with E-state index >= 15 is 0 Å². The number of nitrogens with zero attached hydrogens (tertiary/aromatic N) is 2. The van der Waals surface area contributed by atoms with Crippen LogP contribution in [0.25, 0.3) is 11.3 Å². The molecule has 0 amide bonds. The van der Waals surface area contributed by atoms with Crippen LogP contribution in [0.5, 0.6) is 0 Å². The molecule has 1 aromatic carbocycles. The van der Waals surface area contributed by atoms with E-state index in [2.05, 4.69) is 19.9 Å². The Labute approximate surface area is 151 Å². The maximum Gasteiger partial charge on any atom is 0.264 e. The minimum Gasteiger partial charge on any atom is -0.268 e. The van der Waals surface area contributed by atoms with Gasteiger partial charge in [0.05, 0.1) is 22.8 Å². The van der Waals surface area contributed by atoms with Gasteiger partial charge in [0.15, 0.2) is 0 Å². The highest BCUT2D eigenvalue weighted by molar-refractivity contribution is 7.89. The van der Waals surface area contributed by atoms with Gasteiger partial charge in [0.2, 0.25) is 10.0 Å². The van der Waals surface area contributed by atoms with E-state index in [-0.39, 0.29) is 17.0 Å². The summed E-state index contributed by atoms with van der Waals surface area (Å²) in [6, 6.07) is 11.6. The molecule has 2 aromatic heterocycles. The van der Waals surface area contributed by atoms with Gasteiger partial charge in [-0.2, -0.15) is 5.10 Å². The molecular weight excluding hydrogens is 352 g/mol. The lowest BCUT2D eigenvalue weighted by atomic mass is 10.0. The largest absolute Gasteiger partial charge is 0.268 e. The van der Waals surface area contributed by atoms with Gasteiger partial charge in [-0.15, -0.1) is 0 Å². The molecule has 0 unspecified atom stereocenters. The fourth-order valence-electron chi connectivity index (χ4n) is 2.51. The van der Waals surface area contributed by atoms with Gasteiger partial charge in [0.1, 0.15) is 0 Å². The lowest BCUT2D eigenvalue weighted by Crippen LogP contribution is -2.24. The Kier molecular flexibility index (Phi) is 4.97. The molecular formula is C18H18N4O3S. The zero-order valence-corrected chi connectivity index (χ0v) is 15.2. The molecule has 0 aliphatic rings. The number of hydrogen-bond acceptors (Lipinski definition) is 5. The molecule has 2 heterocycles. The number of aromatic nitrogens is 3. The Morgan fingerprint density at radius 3 is 2.58 bits per heavy atom. The van der Waals surface area contributed by atoms with Gasteiger partial charge in [-0.3, -0.25) is 9.78 Å². The lowest BCUT2D eigenvalue weighted by Gasteiger charge is -2.13. The molecule has 0 bridgehead atoms. The first-order valence-electron chi connectivity index (χ1n) is 7.94. The van der Waals surface area contributed by atoms with Crippen molar-refractivity contribution in [3.8, 4) is 11.3 Å². The third kappa shape index (κ3) is 3.87. The summed E-state index contributed by atoms with van der Waals surface area (Å²) in [6.07, 6.45) is 1.61. The predicted octanol–water partition coefficient (Wildman–Crippen LogP) is 1.93. The maximum absolute atomic E-state index is 12.8. The summed E-state index contributed by atoms with van der Waals surface area (Å²) in [4.78, 5) is 15.5. The zero-order chi connectivity index (χ0) is 18.7. The number of aryl methyl sites for hydroxylation is 1. The molecule has 3 rings (SSSR count). The van der Waals surface area contributed by atoms with E-state index in [1.807, 2.05) is 13.0 Å². The third-order valence-electron chi connectivity index (χ3n) is 4.05. The molecule has 3 aromatic rings. The van der Waals surface area contributed by atoms with Crippen LogP contribution in [0, 0.1) is 13.8 Å². The molecule has 0 fully saturated rings. The van der Waals surface area contributed by atoms with E-state index < -0.39 is 10.0 Å². The lowest BCUT2D eigenvalue weighted by molar-refractivity contribution is 0.579. The monoisotopic (exact) mass is 370 g/mol. The summed E-state index contributed by atoms with van der Waals surface area (Å²) < 4.78 is 28.2. The van der Waals surface area contributed by atoms with Crippen LogP contribution in [0.4, 0.5) is 0 Å². The maximum atomic E-state index is 12.8. The highest BCUT2D eigenvalue weighted by Crippen LogP contribution is 2.26. The summed E-state index contributed by atoms with van der Waals surface area (Å²) in [5.74, 6) is 0. The van der Waals surface area contributed by atoms with Gasteiger partial charge < -0.3 is 0 Å². The van der Waals surface area contributed by atoms with E-state index in [1.165, 1.54) is 6.07 Å². The topological polar surface area (TPSA) is 105 Å². The number of rotatable bonds is 5. The molecule has 7 nitrogen and oxygen atoms in total. The van der Waals surface area contributed by atoms with Crippen LogP contribution >= 0.6 is 0 Å². The van der Waals surface area contributed by atoms with Gasteiger partial charge in [-0.25, -0.2) is 18.2 Å². The van der Waals surface area contributed by atoms with E-state index in [4.69, 9.17) is 0 Å². The molecule has 8 heteroatoms. The molecule has 134 valence electrons. The van der Waals surface area contributed by atoms with Gasteiger partial charge in [0.25, 0.3) is 5.56 Å². The number of nitrogens with one attached hydrogen (secondary N) is 2. The number of hydrogen-bond donors (Lipinski definition) is 2. The quantitative estimate of drug-likeness (QED) is 0.714. The minimum atomic E-state index is -3.74. The summed E-state index contributed by atoms with van der Waals surface area (Å²) in [6.45, 7) is 3.69. The van der Waals surface area contributed by atoms with E-state index in [1.54, 1.807) is 43.5 Å². The van der Waals surface area contributed by atoms with E-state index in [0.29, 0.717) is 22.5 Å². The second-order valence-corrected chi connectivity index (χ2v) is 7.60. The number of benzene rings is 1. The molecule has 0 radical (unpaired) electrons. The van der Waals surface area contributed by atoms with Crippen molar-refractivity contribution in [2.75, 3.05) is 0 Å². The second kappa shape index (κ2) is 7.19. The number of aromatic amines is 1. The summed E-state index contributed by atoms with van der Waals surface area (Å²) in [5.41, 5.74) is 2.89. The minimum absolute atomic E-state index is 0.1000. The third-order valence-corrected chi connectivity index (χ3v) is 5.58. The highest BCUT2D eigenvalue weighted by atomic mass is 32.2. The standard InChI is InChI=1S/C18H18N4O3S/c1-12-9-14(16-6-7-18(23)22-21-16)10-17(13(12)2)26(24,25)20-11-15-5-3-4-8-19-15/h3-10,20H,11H2,1-2H3,(H,22,23). The average molecular weight is 370 g/mol. The zero-order valence-electron chi connectivity index (χ0n) is 14.4. The normalized spacial score (nSPS) is 11.5. The highest BCUT2D eigenvalue weighted by Gasteiger charge is 2.19. The molecule has 0 saturated heterocycles. The average Bonchev–Trinajstić information content (AvgIpc) is 2.63. The van der Waals surface area contributed by atoms with Gasteiger partial charge in [-0.05, 0) is 55.3 Å². The molecule has 0 saturated carbocycles. The van der Waals surface area contributed by atoms with Crippen LogP contribution in [-0.2, 0) is 16.6 Å². The van der Waals surface area contributed by atoms with Gasteiger partial charge in [-0.1, -0.05) is 6.07 Å². The molecule has 0 spiro atoms. The first-order valence-corrected chi connectivity index (χ1v) is 9.42. The summed E-state index contributed by atoms with van der Waals surface area (Å²) >= 11 is 0. The fourth-order valence-corrected chi connectivity index (χ4v) is 3.85. The van der Waals surface area contributed by atoms with E-state index in [9.17, 15) is 13.2 Å². The number of H-pyrrole nitrogens is 1. The predicted molar refractivity (Wildman–Crippen MR) is 98.0 cm³/mol. The molecule has 26 heavy (non-hydrogen) atoms.